The van der Waals surface area contributed by atoms with E-state index in [1.54, 1.807) is 35.1 Å². The predicted molar refractivity (Wildman–Crippen MR) is 126 cm³/mol. The zero-order chi connectivity index (χ0) is 26.2. The van der Waals surface area contributed by atoms with Gasteiger partial charge in [0.1, 0.15) is 29.8 Å². The largest absolute Gasteiger partial charge is 0.437 e. The van der Waals surface area contributed by atoms with Gasteiger partial charge in [-0.05, 0) is 37.5 Å². The van der Waals surface area contributed by atoms with E-state index in [0.29, 0.717) is 37.0 Å². The molecule has 1 atom stereocenters. The Morgan fingerprint density at radius 1 is 1.14 bits per heavy atom. The number of nitrogens with zero attached hydrogens (tertiary/aromatic N) is 6. The van der Waals surface area contributed by atoms with Gasteiger partial charge < -0.3 is 19.9 Å². The Labute approximate surface area is 209 Å². The molecule has 194 valence electrons. The number of nitrogens with one attached hydrogen (secondary N) is 1. The number of carbonyl (C=O) groups is 1. The van der Waals surface area contributed by atoms with Crippen molar-refractivity contribution in [2.45, 2.75) is 38.5 Å². The third-order valence-corrected chi connectivity index (χ3v) is 6.19. The summed E-state index contributed by atoms with van der Waals surface area (Å²) in [4.78, 5) is 33.0. The fourth-order valence-electron chi connectivity index (χ4n) is 4.37. The SMILES string of the molecule is C[C@H]1C(=O)N2CCCc3nc(NCc4ccc(Oc5ccc(C(F)(F)F)nc5)nc4)nc(c32)N1CCF. The van der Waals surface area contributed by atoms with Gasteiger partial charge in [0.25, 0.3) is 0 Å². The average molecular weight is 517 g/mol. The van der Waals surface area contributed by atoms with Gasteiger partial charge in [0, 0.05) is 31.9 Å². The Bertz CT molecular complexity index is 1290. The van der Waals surface area contributed by atoms with E-state index < -0.39 is 24.6 Å². The number of ether oxygens (including phenoxy) is 1. The standard InChI is InChI=1S/C24H23F4N7O2/c1-14-22(36)35-9-2-3-17-20(35)21(34(14)10-8-25)33-23(32-17)31-12-15-4-7-19(30-11-15)37-16-5-6-18(29-13-16)24(26,27)28/h4-7,11,13-14H,2-3,8-10,12H2,1H3,(H,31,32,33)/t14-/m0/s1. The fraction of sp³-hybridized carbons (Fsp3) is 0.375. The number of halogens is 4. The van der Waals surface area contributed by atoms with Gasteiger partial charge in [0.15, 0.2) is 5.82 Å². The van der Waals surface area contributed by atoms with E-state index in [1.807, 2.05) is 0 Å². The van der Waals surface area contributed by atoms with Crippen molar-refractivity contribution in [2.75, 3.05) is 34.9 Å². The van der Waals surface area contributed by atoms with Crippen LogP contribution < -0.4 is 19.9 Å². The van der Waals surface area contributed by atoms with Crippen LogP contribution in [-0.2, 0) is 23.9 Å². The van der Waals surface area contributed by atoms with Crippen molar-refractivity contribution in [1.82, 2.24) is 19.9 Å². The highest BCUT2D eigenvalue weighted by atomic mass is 19.4. The maximum Gasteiger partial charge on any atom is 0.433 e. The Morgan fingerprint density at radius 3 is 2.65 bits per heavy atom. The van der Waals surface area contributed by atoms with Gasteiger partial charge in [-0.1, -0.05) is 6.07 Å². The molecule has 1 amide bonds. The van der Waals surface area contributed by atoms with Crippen molar-refractivity contribution in [2.24, 2.45) is 0 Å². The second kappa shape index (κ2) is 9.79. The van der Waals surface area contributed by atoms with E-state index in [4.69, 9.17) is 4.74 Å². The first-order chi connectivity index (χ1) is 17.7. The molecule has 0 spiro atoms. The number of rotatable bonds is 7. The highest BCUT2D eigenvalue weighted by Crippen LogP contribution is 2.40. The van der Waals surface area contributed by atoms with Crippen LogP contribution >= 0.6 is 0 Å². The molecule has 0 radical (unpaired) electrons. The molecule has 0 unspecified atom stereocenters. The summed E-state index contributed by atoms with van der Waals surface area (Å²) in [5.74, 6) is 1.15. The van der Waals surface area contributed by atoms with Gasteiger partial charge in [-0.25, -0.2) is 19.3 Å². The molecule has 0 aliphatic carbocycles. The Hall–Kier alpha value is -4.03. The monoisotopic (exact) mass is 517 g/mol. The van der Waals surface area contributed by atoms with E-state index in [9.17, 15) is 22.4 Å². The molecule has 9 nitrogen and oxygen atoms in total. The van der Waals surface area contributed by atoms with E-state index in [1.165, 1.54) is 6.07 Å². The topological polar surface area (TPSA) is 96.4 Å². The third kappa shape index (κ3) is 4.98. The van der Waals surface area contributed by atoms with Gasteiger partial charge in [-0.2, -0.15) is 18.2 Å². The maximum atomic E-state index is 13.3. The number of aromatic nitrogens is 4. The summed E-state index contributed by atoms with van der Waals surface area (Å²) < 4.78 is 56.7. The number of hydrogen-bond donors (Lipinski definition) is 1. The molecular weight excluding hydrogens is 494 g/mol. The minimum absolute atomic E-state index is 0.0590. The summed E-state index contributed by atoms with van der Waals surface area (Å²) in [6, 6.07) is 4.82. The summed E-state index contributed by atoms with van der Waals surface area (Å²) in [5.41, 5.74) is 1.18. The van der Waals surface area contributed by atoms with Crippen molar-refractivity contribution >= 4 is 23.4 Å². The number of aryl methyl sites for hydroxylation is 1. The molecule has 3 aromatic rings. The van der Waals surface area contributed by atoms with Crippen molar-refractivity contribution in [3.8, 4) is 11.6 Å². The second-order valence-corrected chi connectivity index (χ2v) is 8.66. The highest BCUT2D eigenvalue weighted by molar-refractivity contribution is 6.05. The molecule has 5 rings (SSSR count). The molecule has 0 fully saturated rings. The minimum Gasteiger partial charge on any atom is -0.437 e. The molecule has 1 N–H and O–H groups in total. The number of hydrogen-bond acceptors (Lipinski definition) is 8. The van der Waals surface area contributed by atoms with E-state index in [2.05, 4.69) is 25.3 Å². The molecule has 2 aliphatic rings. The minimum atomic E-state index is -4.52. The van der Waals surface area contributed by atoms with Crippen LogP contribution in [0.15, 0.2) is 36.7 Å². The van der Waals surface area contributed by atoms with Crippen LogP contribution in [0.2, 0.25) is 0 Å². The lowest BCUT2D eigenvalue weighted by atomic mass is 10.0. The first kappa shape index (κ1) is 24.7. The van der Waals surface area contributed by atoms with Crippen molar-refractivity contribution in [3.05, 3.63) is 53.6 Å². The molecule has 2 aliphatic heterocycles. The van der Waals surface area contributed by atoms with Gasteiger partial charge in [-0.3, -0.25) is 4.79 Å². The third-order valence-electron chi connectivity index (χ3n) is 6.19. The van der Waals surface area contributed by atoms with Gasteiger partial charge in [-0.15, -0.1) is 0 Å². The lowest BCUT2D eigenvalue weighted by Crippen LogP contribution is -2.54. The normalized spacial score (nSPS) is 17.0. The summed E-state index contributed by atoms with van der Waals surface area (Å²) in [6.07, 6.45) is -0.509. The molecule has 3 aromatic heterocycles. The summed E-state index contributed by atoms with van der Waals surface area (Å²) in [5, 5.41) is 3.16. The summed E-state index contributed by atoms with van der Waals surface area (Å²) >= 11 is 0. The Morgan fingerprint density at radius 2 is 1.97 bits per heavy atom. The number of alkyl halides is 4. The molecule has 13 heteroatoms. The van der Waals surface area contributed by atoms with Crippen LogP contribution in [0.4, 0.5) is 35.0 Å². The smallest absolute Gasteiger partial charge is 0.433 e. The second-order valence-electron chi connectivity index (χ2n) is 8.66. The molecule has 0 saturated heterocycles. The zero-order valence-corrected chi connectivity index (χ0v) is 19.8. The van der Waals surface area contributed by atoms with Crippen molar-refractivity contribution in [1.29, 1.82) is 0 Å². The molecule has 37 heavy (non-hydrogen) atoms. The quantitative estimate of drug-likeness (QED) is 0.467. The first-order valence-electron chi connectivity index (χ1n) is 11.7. The van der Waals surface area contributed by atoms with Crippen LogP contribution in [0.3, 0.4) is 0 Å². The van der Waals surface area contributed by atoms with Crippen molar-refractivity contribution < 1.29 is 27.1 Å². The Balaban J connectivity index is 1.29. The lowest BCUT2D eigenvalue weighted by Gasteiger charge is -2.42. The zero-order valence-electron chi connectivity index (χ0n) is 19.8. The average Bonchev–Trinajstić information content (AvgIpc) is 2.89. The lowest BCUT2D eigenvalue weighted by molar-refractivity contribution is -0.141. The highest BCUT2D eigenvalue weighted by Gasteiger charge is 2.40. The summed E-state index contributed by atoms with van der Waals surface area (Å²) in [7, 11) is 0. The number of amides is 1. The van der Waals surface area contributed by atoms with Crippen LogP contribution in [-0.4, -0.2) is 51.6 Å². The van der Waals surface area contributed by atoms with Crippen LogP contribution in [0.1, 0.15) is 30.3 Å². The molecular formula is C24H23F4N7O2. The van der Waals surface area contributed by atoms with Crippen LogP contribution in [0.25, 0.3) is 0 Å². The fourth-order valence-corrected chi connectivity index (χ4v) is 4.37. The first-order valence-corrected chi connectivity index (χ1v) is 11.7. The number of carbonyl (C=O) groups excluding carboxylic acids is 1. The molecule has 0 aromatic carbocycles. The van der Waals surface area contributed by atoms with Gasteiger partial charge in [0.05, 0.1) is 11.9 Å². The van der Waals surface area contributed by atoms with Gasteiger partial charge >= 0.3 is 6.18 Å². The van der Waals surface area contributed by atoms with Crippen LogP contribution in [0.5, 0.6) is 11.6 Å². The Kier molecular flexibility index (Phi) is 6.52. The van der Waals surface area contributed by atoms with Crippen LogP contribution in [0, 0.1) is 0 Å². The van der Waals surface area contributed by atoms with Gasteiger partial charge in [0.2, 0.25) is 17.7 Å². The van der Waals surface area contributed by atoms with Crippen molar-refractivity contribution in [3.63, 3.8) is 0 Å². The van der Waals surface area contributed by atoms with E-state index >= 15 is 0 Å². The molecule has 0 saturated carbocycles. The predicted octanol–water partition coefficient (Wildman–Crippen LogP) is 4.15. The molecule has 0 bridgehead atoms. The molecule has 5 heterocycles. The number of pyridine rings is 2. The number of anilines is 3. The van der Waals surface area contributed by atoms with E-state index in [0.717, 1.165) is 29.9 Å². The van der Waals surface area contributed by atoms with E-state index in [-0.39, 0.29) is 24.1 Å². The maximum absolute atomic E-state index is 13.3. The summed E-state index contributed by atoms with van der Waals surface area (Å²) in [6.45, 7) is 2.12.